The summed E-state index contributed by atoms with van der Waals surface area (Å²) in [6.07, 6.45) is 0. The van der Waals surface area contributed by atoms with E-state index in [0.717, 1.165) is 9.79 Å². The van der Waals surface area contributed by atoms with E-state index in [4.69, 9.17) is 23.2 Å². The van der Waals surface area contributed by atoms with E-state index in [9.17, 15) is 26.4 Å². The Bertz CT molecular complexity index is 1890. The van der Waals surface area contributed by atoms with Crippen LogP contribution in [0.1, 0.15) is 48.4 Å². The highest BCUT2D eigenvalue weighted by Crippen LogP contribution is 2.31. The summed E-state index contributed by atoms with van der Waals surface area (Å²) in [5, 5.41) is 5.66. The molecule has 0 bridgehead atoms. The molecule has 0 fully saturated rings. The van der Waals surface area contributed by atoms with Crippen LogP contribution in [0.2, 0.25) is 10.0 Å². The lowest BCUT2D eigenvalue weighted by Gasteiger charge is -2.19. The summed E-state index contributed by atoms with van der Waals surface area (Å²) in [5.41, 5.74) is 1.35. The first kappa shape index (κ1) is 38.4. The number of carbonyl (C=O) groups excluding carboxylic acids is 2. The molecule has 15 heteroatoms. The Kier molecular flexibility index (Phi) is 12.9. The van der Waals surface area contributed by atoms with Crippen molar-refractivity contribution in [1.29, 1.82) is 0 Å². The van der Waals surface area contributed by atoms with Crippen molar-refractivity contribution in [1.82, 2.24) is 8.61 Å². The van der Waals surface area contributed by atoms with Crippen molar-refractivity contribution in [2.75, 3.05) is 36.8 Å². The third kappa shape index (κ3) is 9.03. The number of nitrogens with one attached hydrogen (secondary N) is 2. The van der Waals surface area contributed by atoms with Gasteiger partial charge in [0.1, 0.15) is 9.79 Å². The Hall–Kier alpha value is -3.43. The molecule has 0 aliphatic rings. The first-order valence-electron chi connectivity index (χ1n) is 15.3. The van der Waals surface area contributed by atoms with Crippen molar-refractivity contribution in [3.63, 3.8) is 0 Å². The van der Waals surface area contributed by atoms with Gasteiger partial charge in [-0.15, -0.1) is 0 Å². The highest BCUT2D eigenvalue weighted by Gasteiger charge is 2.27. The molecule has 0 unspecified atom stereocenters. The standard InChI is InChI=1S/C34H36Cl2N4O6S3/c1-5-39(6-2)48(43,44)31-21-23(9-19-29(31)35)33(41)37-25-11-15-27(16-12-25)47-28-17-13-26(14-18-28)38-34(42)24-10-20-30(36)32(22-24)49(45,46)40(7-3)8-4/h9-22H,5-8H2,1-4H3,(H,37,41)(H,38,42). The van der Waals surface area contributed by atoms with Crippen molar-refractivity contribution < 1.29 is 26.4 Å². The molecule has 0 aromatic heterocycles. The number of benzene rings is 4. The van der Waals surface area contributed by atoms with Crippen LogP contribution in [-0.4, -0.2) is 63.4 Å². The second kappa shape index (κ2) is 16.5. The molecule has 0 spiro atoms. The summed E-state index contributed by atoms with van der Waals surface area (Å²) < 4.78 is 54.6. The monoisotopic (exact) mass is 762 g/mol. The SMILES string of the molecule is CCN(CC)S(=O)(=O)c1cc(C(=O)Nc2ccc(Sc3ccc(NC(=O)c4ccc(Cl)c(S(=O)(=O)N(CC)CC)c4)cc3)cc2)ccc1Cl. The maximum atomic E-state index is 13.0. The fourth-order valence-electron chi connectivity index (χ4n) is 4.85. The van der Waals surface area contributed by atoms with Crippen LogP contribution in [0, 0.1) is 0 Å². The predicted molar refractivity (Wildman–Crippen MR) is 196 cm³/mol. The van der Waals surface area contributed by atoms with Gasteiger partial charge in [0.25, 0.3) is 11.8 Å². The lowest BCUT2D eigenvalue weighted by molar-refractivity contribution is 0.101. The quantitative estimate of drug-likeness (QED) is 0.135. The maximum absolute atomic E-state index is 13.0. The van der Waals surface area contributed by atoms with E-state index in [1.165, 1.54) is 56.8 Å². The highest BCUT2D eigenvalue weighted by molar-refractivity contribution is 7.99. The van der Waals surface area contributed by atoms with Crippen molar-refractivity contribution in [3.05, 3.63) is 106 Å². The molecule has 2 amide bonds. The van der Waals surface area contributed by atoms with Gasteiger partial charge in [0.15, 0.2) is 0 Å². The van der Waals surface area contributed by atoms with Crippen LogP contribution in [0.25, 0.3) is 0 Å². The third-order valence-electron chi connectivity index (χ3n) is 7.49. The van der Waals surface area contributed by atoms with Crippen molar-refractivity contribution in [2.45, 2.75) is 47.3 Å². The first-order valence-corrected chi connectivity index (χ1v) is 19.8. The van der Waals surface area contributed by atoms with Gasteiger partial charge in [-0.05, 0) is 84.9 Å². The van der Waals surface area contributed by atoms with Gasteiger partial charge >= 0.3 is 0 Å². The minimum Gasteiger partial charge on any atom is -0.322 e. The highest BCUT2D eigenvalue weighted by atomic mass is 35.5. The summed E-state index contributed by atoms with van der Waals surface area (Å²) >= 11 is 13.9. The number of sulfonamides is 2. The molecule has 4 aromatic rings. The van der Waals surface area contributed by atoms with Gasteiger partial charge in [0, 0.05) is 58.5 Å². The topological polar surface area (TPSA) is 133 Å². The van der Waals surface area contributed by atoms with Crippen molar-refractivity contribution in [3.8, 4) is 0 Å². The van der Waals surface area contributed by atoms with Crippen molar-refractivity contribution in [2.24, 2.45) is 0 Å². The molecular formula is C34H36Cl2N4O6S3. The first-order chi connectivity index (χ1) is 23.2. The molecule has 49 heavy (non-hydrogen) atoms. The predicted octanol–water partition coefficient (Wildman–Crippen LogP) is 7.71. The van der Waals surface area contributed by atoms with E-state index in [0.29, 0.717) is 11.4 Å². The molecule has 0 heterocycles. The van der Waals surface area contributed by atoms with E-state index in [1.54, 1.807) is 52.0 Å². The average Bonchev–Trinajstić information content (AvgIpc) is 3.07. The number of amides is 2. The number of hydrogen-bond donors (Lipinski definition) is 2. The zero-order valence-corrected chi connectivity index (χ0v) is 31.2. The molecule has 260 valence electrons. The Morgan fingerprint density at radius 3 is 1.20 bits per heavy atom. The fourth-order valence-corrected chi connectivity index (χ4v) is 9.58. The zero-order chi connectivity index (χ0) is 35.9. The lowest BCUT2D eigenvalue weighted by Crippen LogP contribution is -2.31. The Morgan fingerprint density at radius 1 is 0.571 bits per heavy atom. The molecule has 0 aliphatic heterocycles. The lowest BCUT2D eigenvalue weighted by atomic mass is 10.2. The Labute approximate surface area is 301 Å². The molecular weight excluding hydrogens is 728 g/mol. The van der Waals surface area contributed by atoms with Crippen LogP contribution < -0.4 is 10.6 Å². The van der Waals surface area contributed by atoms with Gasteiger partial charge in [-0.2, -0.15) is 8.61 Å². The van der Waals surface area contributed by atoms with Gasteiger partial charge in [0.2, 0.25) is 20.0 Å². The van der Waals surface area contributed by atoms with Gasteiger partial charge < -0.3 is 10.6 Å². The third-order valence-corrected chi connectivity index (χ3v) is 13.6. The fraction of sp³-hybridized carbons (Fsp3) is 0.235. The Balaban J connectivity index is 1.39. The molecule has 10 nitrogen and oxygen atoms in total. The van der Waals surface area contributed by atoms with Crippen LogP contribution in [0.3, 0.4) is 0 Å². The van der Waals surface area contributed by atoms with E-state index < -0.39 is 31.9 Å². The number of nitrogens with zero attached hydrogens (tertiary/aromatic N) is 2. The maximum Gasteiger partial charge on any atom is 0.255 e. The van der Waals surface area contributed by atoms with E-state index in [1.807, 2.05) is 24.3 Å². The second-order valence-corrected chi connectivity index (χ2v) is 16.3. The molecule has 4 aromatic carbocycles. The van der Waals surface area contributed by atoms with Crippen LogP contribution in [0.4, 0.5) is 11.4 Å². The summed E-state index contributed by atoms with van der Waals surface area (Å²) in [7, 11) is -7.72. The van der Waals surface area contributed by atoms with Gasteiger partial charge in [0.05, 0.1) is 10.0 Å². The van der Waals surface area contributed by atoms with Crippen LogP contribution >= 0.6 is 35.0 Å². The molecule has 0 saturated carbocycles. The minimum atomic E-state index is -3.86. The average molecular weight is 764 g/mol. The number of halogens is 2. The molecule has 4 rings (SSSR count). The van der Waals surface area contributed by atoms with Crippen LogP contribution in [0.5, 0.6) is 0 Å². The summed E-state index contributed by atoms with van der Waals surface area (Å²) in [6, 6.07) is 22.6. The number of anilines is 2. The molecule has 2 N–H and O–H groups in total. The molecule has 0 radical (unpaired) electrons. The minimum absolute atomic E-state index is 0.0411. The van der Waals surface area contributed by atoms with E-state index in [-0.39, 0.29) is 57.1 Å². The summed E-state index contributed by atoms with van der Waals surface area (Å²) in [5.74, 6) is -0.961. The van der Waals surface area contributed by atoms with E-state index in [2.05, 4.69) is 10.6 Å². The van der Waals surface area contributed by atoms with Crippen LogP contribution in [0.15, 0.2) is 105 Å². The molecule has 0 saturated heterocycles. The van der Waals surface area contributed by atoms with Crippen molar-refractivity contribution >= 4 is 78.2 Å². The molecule has 0 atom stereocenters. The zero-order valence-electron chi connectivity index (χ0n) is 27.2. The largest absolute Gasteiger partial charge is 0.322 e. The summed E-state index contributed by atoms with van der Waals surface area (Å²) in [4.78, 5) is 27.5. The summed E-state index contributed by atoms with van der Waals surface area (Å²) in [6.45, 7) is 8.01. The van der Waals surface area contributed by atoms with Crippen LogP contribution in [-0.2, 0) is 20.0 Å². The normalized spacial score (nSPS) is 11.9. The van der Waals surface area contributed by atoms with Gasteiger partial charge in [-0.3, -0.25) is 9.59 Å². The number of carbonyl (C=O) groups is 2. The van der Waals surface area contributed by atoms with Gasteiger partial charge in [-0.1, -0.05) is 62.7 Å². The Morgan fingerprint density at radius 2 is 0.898 bits per heavy atom. The number of hydrogen-bond acceptors (Lipinski definition) is 7. The number of rotatable bonds is 14. The second-order valence-electron chi connectivity index (χ2n) is 10.5. The van der Waals surface area contributed by atoms with E-state index >= 15 is 0 Å². The molecule has 0 aliphatic carbocycles. The van der Waals surface area contributed by atoms with Gasteiger partial charge in [-0.25, -0.2) is 16.8 Å². The smallest absolute Gasteiger partial charge is 0.255 e.